The van der Waals surface area contributed by atoms with E-state index in [4.69, 9.17) is 0 Å². The first kappa shape index (κ1) is 15.0. The Hall–Kier alpha value is -1.88. The van der Waals surface area contributed by atoms with Crippen molar-refractivity contribution >= 4 is 23.1 Å². The van der Waals surface area contributed by atoms with Crippen LogP contribution in [0.1, 0.15) is 38.5 Å². The maximum Gasteiger partial charge on any atom is 0.319 e. The van der Waals surface area contributed by atoms with Gasteiger partial charge < -0.3 is 10.6 Å². The lowest BCUT2D eigenvalue weighted by Gasteiger charge is -2.16. The van der Waals surface area contributed by atoms with Gasteiger partial charge >= 0.3 is 6.03 Å². The number of urea groups is 1. The van der Waals surface area contributed by atoms with E-state index >= 15 is 0 Å². The normalized spacial score (nSPS) is 16.0. The largest absolute Gasteiger partial charge is 0.335 e. The standard InChI is InChI=1S/C17H21N3OS/c21-17(19-14-5-3-1-2-4-6-14)20-15-9-7-13(8-10-15)16-18-11-12-22-16/h7-12,14H,1-6H2,(H2,19,20,21). The summed E-state index contributed by atoms with van der Waals surface area (Å²) in [6, 6.07) is 8.03. The Bertz CT molecular complexity index is 587. The molecule has 1 heterocycles. The molecule has 4 nitrogen and oxygen atoms in total. The molecule has 1 aliphatic carbocycles. The molecule has 2 N–H and O–H groups in total. The van der Waals surface area contributed by atoms with Gasteiger partial charge in [-0.2, -0.15) is 0 Å². The number of carbonyl (C=O) groups is 1. The van der Waals surface area contributed by atoms with Gasteiger partial charge in [-0.25, -0.2) is 9.78 Å². The molecule has 0 saturated heterocycles. The average molecular weight is 315 g/mol. The molecule has 1 aliphatic rings. The zero-order valence-electron chi connectivity index (χ0n) is 12.5. The van der Waals surface area contributed by atoms with Gasteiger partial charge in [-0.15, -0.1) is 11.3 Å². The zero-order chi connectivity index (χ0) is 15.2. The molecule has 0 unspecified atom stereocenters. The fraction of sp³-hybridized carbons (Fsp3) is 0.412. The minimum Gasteiger partial charge on any atom is -0.335 e. The lowest BCUT2D eigenvalue weighted by molar-refractivity contribution is 0.247. The Morgan fingerprint density at radius 2 is 1.82 bits per heavy atom. The molecule has 1 aromatic heterocycles. The van der Waals surface area contributed by atoms with Crippen LogP contribution in [0.2, 0.25) is 0 Å². The van der Waals surface area contributed by atoms with Crippen LogP contribution < -0.4 is 10.6 Å². The number of aromatic nitrogens is 1. The summed E-state index contributed by atoms with van der Waals surface area (Å²) in [4.78, 5) is 16.4. The van der Waals surface area contributed by atoms with Gasteiger partial charge in [-0.3, -0.25) is 0 Å². The summed E-state index contributed by atoms with van der Waals surface area (Å²) >= 11 is 1.61. The van der Waals surface area contributed by atoms with Gasteiger partial charge in [0.25, 0.3) is 0 Å². The second-order valence-corrected chi connectivity index (χ2v) is 6.60. The van der Waals surface area contributed by atoms with E-state index < -0.39 is 0 Å². The minimum atomic E-state index is -0.103. The topological polar surface area (TPSA) is 54.0 Å². The van der Waals surface area contributed by atoms with E-state index in [1.165, 1.54) is 25.7 Å². The summed E-state index contributed by atoms with van der Waals surface area (Å²) in [5, 5.41) is 8.96. The third-order valence-corrected chi connectivity index (χ3v) is 4.83. The molecule has 1 fully saturated rings. The monoisotopic (exact) mass is 315 g/mol. The highest BCUT2D eigenvalue weighted by Crippen LogP contribution is 2.23. The van der Waals surface area contributed by atoms with E-state index in [0.29, 0.717) is 6.04 Å². The van der Waals surface area contributed by atoms with Crippen LogP contribution in [0.3, 0.4) is 0 Å². The molecule has 0 radical (unpaired) electrons. The van der Waals surface area contributed by atoms with Gasteiger partial charge in [0.15, 0.2) is 0 Å². The van der Waals surface area contributed by atoms with Crippen LogP contribution in [0.15, 0.2) is 35.8 Å². The molecular formula is C17H21N3OS. The highest BCUT2D eigenvalue weighted by atomic mass is 32.1. The summed E-state index contributed by atoms with van der Waals surface area (Å²) in [6.45, 7) is 0. The lowest BCUT2D eigenvalue weighted by atomic mass is 10.1. The van der Waals surface area contributed by atoms with Gasteiger partial charge in [0.2, 0.25) is 0 Å². The van der Waals surface area contributed by atoms with E-state index in [9.17, 15) is 4.79 Å². The molecule has 2 aromatic rings. The number of amides is 2. The Balaban J connectivity index is 1.55. The number of nitrogens with zero attached hydrogens (tertiary/aromatic N) is 1. The molecular weight excluding hydrogens is 294 g/mol. The van der Waals surface area contributed by atoms with Crippen molar-refractivity contribution < 1.29 is 4.79 Å². The van der Waals surface area contributed by atoms with Gasteiger partial charge in [-0.05, 0) is 37.1 Å². The number of carbonyl (C=O) groups excluding carboxylic acids is 1. The second-order valence-electron chi connectivity index (χ2n) is 5.70. The van der Waals surface area contributed by atoms with Crippen molar-refractivity contribution in [2.45, 2.75) is 44.6 Å². The first-order valence-electron chi connectivity index (χ1n) is 7.89. The molecule has 0 spiro atoms. The molecule has 3 rings (SSSR count). The Kier molecular flexibility index (Phi) is 5.06. The predicted octanol–water partition coefficient (Wildman–Crippen LogP) is 4.65. The molecule has 5 heteroatoms. The lowest BCUT2D eigenvalue weighted by Crippen LogP contribution is -2.37. The number of benzene rings is 1. The van der Waals surface area contributed by atoms with Crippen LogP contribution in [0, 0.1) is 0 Å². The molecule has 0 atom stereocenters. The molecule has 1 saturated carbocycles. The SMILES string of the molecule is O=C(Nc1ccc(-c2nccs2)cc1)NC1CCCCCC1. The van der Waals surface area contributed by atoms with E-state index in [1.807, 2.05) is 29.6 Å². The maximum absolute atomic E-state index is 12.1. The average Bonchev–Trinajstić information content (AvgIpc) is 2.94. The summed E-state index contributed by atoms with van der Waals surface area (Å²) in [6.07, 6.45) is 9.00. The number of hydrogen-bond donors (Lipinski definition) is 2. The number of anilines is 1. The van der Waals surface area contributed by atoms with Crippen LogP contribution >= 0.6 is 11.3 Å². The van der Waals surface area contributed by atoms with E-state index in [1.54, 1.807) is 17.5 Å². The van der Waals surface area contributed by atoms with Gasteiger partial charge in [0.05, 0.1) is 0 Å². The predicted molar refractivity (Wildman–Crippen MR) is 91.2 cm³/mol. The van der Waals surface area contributed by atoms with Crippen LogP contribution in [0.5, 0.6) is 0 Å². The number of nitrogens with one attached hydrogen (secondary N) is 2. The molecule has 2 amide bonds. The minimum absolute atomic E-state index is 0.103. The van der Waals surface area contributed by atoms with Crippen molar-refractivity contribution in [1.82, 2.24) is 10.3 Å². The van der Waals surface area contributed by atoms with Crippen LogP contribution in [0.4, 0.5) is 10.5 Å². The summed E-state index contributed by atoms with van der Waals surface area (Å²) in [7, 11) is 0. The Morgan fingerprint density at radius 1 is 1.09 bits per heavy atom. The number of thiazole rings is 1. The fourth-order valence-corrected chi connectivity index (χ4v) is 3.48. The number of rotatable bonds is 3. The second kappa shape index (κ2) is 7.40. The van der Waals surface area contributed by atoms with Crippen LogP contribution in [-0.2, 0) is 0 Å². The highest BCUT2D eigenvalue weighted by Gasteiger charge is 2.14. The first-order chi connectivity index (χ1) is 10.8. The van der Waals surface area contributed by atoms with Gasteiger partial charge in [-0.1, -0.05) is 25.7 Å². The van der Waals surface area contributed by atoms with Crippen LogP contribution in [-0.4, -0.2) is 17.1 Å². The van der Waals surface area contributed by atoms with Crippen molar-refractivity contribution in [3.8, 4) is 10.6 Å². The Labute approximate surface area is 135 Å². The smallest absolute Gasteiger partial charge is 0.319 e. The molecule has 0 bridgehead atoms. The van der Waals surface area contributed by atoms with E-state index in [2.05, 4.69) is 15.6 Å². The van der Waals surface area contributed by atoms with Crippen molar-refractivity contribution in [1.29, 1.82) is 0 Å². The fourth-order valence-electron chi connectivity index (χ4n) is 2.84. The highest BCUT2D eigenvalue weighted by molar-refractivity contribution is 7.13. The first-order valence-corrected chi connectivity index (χ1v) is 8.77. The summed E-state index contributed by atoms with van der Waals surface area (Å²) in [5.41, 5.74) is 1.89. The zero-order valence-corrected chi connectivity index (χ0v) is 13.4. The molecule has 0 aliphatic heterocycles. The van der Waals surface area contributed by atoms with Gasteiger partial charge in [0.1, 0.15) is 5.01 Å². The summed E-state index contributed by atoms with van der Waals surface area (Å²) in [5.74, 6) is 0. The molecule has 116 valence electrons. The summed E-state index contributed by atoms with van der Waals surface area (Å²) < 4.78 is 0. The van der Waals surface area contributed by atoms with Crippen molar-refractivity contribution in [2.24, 2.45) is 0 Å². The maximum atomic E-state index is 12.1. The van der Waals surface area contributed by atoms with Crippen LogP contribution in [0.25, 0.3) is 10.6 Å². The quantitative estimate of drug-likeness (QED) is 0.810. The third kappa shape index (κ3) is 4.07. The van der Waals surface area contributed by atoms with Gasteiger partial charge in [0, 0.05) is 28.9 Å². The van der Waals surface area contributed by atoms with Crippen molar-refractivity contribution in [3.05, 3.63) is 35.8 Å². The third-order valence-electron chi connectivity index (χ3n) is 4.01. The number of hydrogen-bond acceptors (Lipinski definition) is 3. The molecule has 22 heavy (non-hydrogen) atoms. The molecule has 1 aromatic carbocycles. The Morgan fingerprint density at radius 3 is 2.45 bits per heavy atom. The van der Waals surface area contributed by atoms with E-state index in [-0.39, 0.29) is 6.03 Å². The van der Waals surface area contributed by atoms with Crippen molar-refractivity contribution in [2.75, 3.05) is 5.32 Å². The van der Waals surface area contributed by atoms with E-state index in [0.717, 1.165) is 29.1 Å². The van der Waals surface area contributed by atoms with Crippen molar-refractivity contribution in [3.63, 3.8) is 0 Å².